The zero-order valence-corrected chi connectivity index (χ0v) is 34.8. The molecule has 0 radical (unpaired) electrons. The monoisotopic (exact) mass is 864 g/mol. The lowest BCUT2D eigenvalue weighted by atomic mass is 10.2. The van der Waals surface area contributed by atoms with E-state index in [2.05, 4.69) is 76.9 Å². The molecule has 19 nitrogen and oxygen atoms in total. The number of aliphatic hydroxyl groups is 1. The van der Waals surface area contributed by atoms with E-state index >= 15 is 0 Å². The number of aromatic nitrogens is 8. The molecule has 63 heavy (non-hydrogen) atoms. The van der Waals surface area contributed by atoms with Gasteiger partial charge in [0.05, 0.1) is 62.5 Å². The van der Waals surface area contributed by atoms with Crippen LogP contribution in [-0.2, 0) is 16.1 Å². The van der Waals surface area contributed by atoms with Crippen LogP contribution in [0.15, 0.2) is 61.2 Å². The first-order valence-electron chi connectivity index (χ1n) is 21.2. The number of anilines is 8. The van der Waals surface area contributed by atoms with E-state index in [0.29, 0.717) is 85.5 Å². The van der Waals surface area contributed by atoms with Crippen molar-refractivity contribution in [3.63, 3.8) is 0 Å². The van der Waals surface area contributed by atoms with Crippen LogP contribution in [0.1, 0.15) is 17.8 Å². The molecular formula is C42H50F2N16O3. The Balaban J connectivity index is 0.000000160. The maximum atomic E-state index is 13.4. The molecule has 4 saturated heterocycles. The van der Waals surface area contributed by atoms with Crippen LogP contribution in [-0.4, -0.2) is 150 Å². The summed E-state index contributed by atoms with van der Waals surface area (Å²) in [5, 5.41) is 24.0. The molecule has 10 rings (SSSR count). The topological polar surface area (TPSA) is 203 Å². The minimum atomic E-state index is -2.67. The molecular weight excluding hydrogens is 815 g/mol. The molecule has 0 atom stereocenters. The van der Waals surface area contributed by atoms with Crippen LogP contribution >= 0.6 is 0 Å². The normalized spacial score (nSPS) is 17.2. The lowest BCUT2D eigenvalue weighted by molar-refractivity contribution is 0.122. The summed E-state index contributed by atoms with van der Waals surface area (Å²) in [6.45, 7) is 12.5. The summed E-state index contributed by atoms with van der Waals surface area (Å²) >= 11 is 0. The van der Waals surface area contributed by atoms with Crippen molar-refractivity contribution in [2.75, 3.05) is 135 Å². The van der Waals surface area contributed by atoms with E-state index in [9.17, 15) is 13.9 Å². The summed E-state index contributed by atoms with van der Waals surface area (Å²) < 4.78 is 37.7. The number of pyridine rings is 4. The van der Waals surface area contributed by atoms with E-state index in [1.54, 1.807) is 6.20 Å². The molecule has 6 aromatic rings. The number of hydrogen-bond donors (Lipinski definition) is 5. The molecule has 6 aromatic heterocycles. The fourth-order valence-corrected chi connectivity index (χ4v) is 7.79. The van der Waals surface area contributed by atoms with Crippen LogP contribution < -0.4 is 40.9 Å². The van der Waals surface area contributed by atoms with Gasteiger partial charge in [-0.1, -0.05) is 0 Å². The van der Waals surface area contributed by atoms with Gasteiger partial charge in [0.2, 0.25) is 11.9 Å². The zero-order chi connectivity index (χ0) is 43.0. The van der Waals surface area contributed by atoms with Gasteiger partial charge < -0.3 is 55.4 Å². The maximum Gasteiger partial charge on any atom is 0.280 e. The number of rotatable bonds is 10. The molecule has 21 heteroatoms. The van der Waals surface area contributed by atoms with Crippen molar-refractivity contribution >= 4 is 68.3 Å². The van der Waals surface area contributed by atoms with E-state index in [0.717, 1.165) is 93.5 Å². The van der Waals surface area contributed by atoms with Gasteiger partial charge in [-0.25, -0.2) is 48.7 Å². The average Bonchev–Trinajstić information content (AvgIpc) is 3.35. The molecule has 4 aliphatic rings. The number of fused-ring (bicyclic) bond motifs is 2. The fraction of sp³-hybridized carbons (Fsp3) is 0.429. The standard InChI is InChI=1S/C21H24F2N8O.C21H26N8O2/c22-19(23)16-11-14-12-26-21(29-18(14)20(27-16)31-7-9-32-10-8-31)28-17-2-1-15(13-25-17)30-5-3-24-4-6-30;30-14-16-11-15-12-24-21(27-19(15)20(25-16)29-7-9-31-10-8-29)26-18-2-1-17(13-23-18)28-5-3-22-4-6-28/h1-2,11-13,19,24H,3-10H2,(H,25,26,28,29);1-2,11-13,22,30H,3-10,14H2,(H,23,24,26,27). The largest absolute Gasteiger partial charge is 0.390 e. The Kier molecular flexibility index (Phi) is 13.2. The van der Waals surface area contributed by atoms with Gasteiger partial charge in [0, 0.05) is 102 Å². The Morgan fingerprint density at radius 1 is 0.571 bits per heavy atom. The molecule has 10 heterocycles. The highest BCUT2D eigenvalue weighted by Gasteiger charge is 2.22. The molecule has 0 saturated carbocycles. The van der Waals surface area contributed by atoms with Crippen molar-refractivity contribution in [3.05, 3.63) is 72.6 Å². The lowest BCUT2D eigenvalue weighted by Gasteiger charge is -2.29. The second-order valence-electron chi connectivity index (χ2n) is 15.3. The van der Waals surface area contributed by atoms with Crippen molar-refractivity contribution in [3.8, 4) is 0 Å². The summed E-state index contributed by atoms with van der Waals surface area (Å²) in [4.78, 5) is 44.6. The van der Waals surface area contributed by atoms with Gasteiger partial charge in [0.15, 0.2) is 11.6 Å². The molecule has 0 spiro atoms. The Hall–Kier alpha value is -6.26. The van der Waals surface area contributed by atoms with Gasteiger partial charge in [-0.15, -0.1) is 0 Å². The van der Waals surface area contributed by atoms with Crippen LogP contribution in [0, 0.1) is 0 Å². The quantitative estimate of drug-likeness (QED) is 0.134. The van der Waals surface area contributed by atoms with Crippen molar-refractivity contribution in [2.24, 2.45) is 0 Å². The number of hydrogen-bond acceptors (Lipinski definition) is 19. The third-order valence-electron chi connectivity index (χ3n) is 11.1. The summed E-state index contributed by atoms with van der Waals surface area (Å²) in [7, 11) is 0. The van der Waals surface area contributed by atoms with Crippen LogP contribution in [0.3, 0.4) is 0 Å². The van der Waals surface area contributed by atoms with E-state index in [1.807, 2.05) is 41.6 Å². The predicted octanol–water partition coefficient (Wildman–Crippen LogP) is 3.25. The first-order chi connectivity index (χ1) is 31.0. The third kappa shape index (κ3) is 10.2. The summed E-state index contributed by atoms with van der Waals surface area (Å²) in [5.41, 5.74) is 3.76. The number of morpholine rings is 2. The predicted molar refractivity (Wildman–Crippen MR) is 237 cm³/mol. The number of nitrogens with zero attached hydrogens (tertiary/aromatic N) is 12. The average molecular weight is 865 g/mol. The van der Waals surface area contributed by atoms with Gasteiger partial charge in [0.1, 0.15) is 28.4 Å². The molecule has 5 N–H and O–H groups in total. The van der Waals surface area contributed by atoms with Crippen molar-refractivity contribution in [1.82, 2.24) is 50.5 Å². The van der Waals surface area contributed by atoms with Crippen LogP contribution in [0.4, 0.5) is 55.3 Å². The second kappa shape index (κ2) is 19.8. The highest BCUT2D eigenvalue weighted by atomic mass is 19.3. The highest BCUT2D eigenvalue weighted by Crippen LogP contribution is 2.31. The molecule has 0 aromatic carbocycles. The molecule has 0 amide bonds. The van der Waals surface area contributed by atoms with Gasteiger partial charge in [0.25, 0.3) is 6.43 Å². The summed E-state index contributed by atoms with van der Waals surface area (Å²) in [5.74, 6) is 3.26. The van der Waals surface area contributed by atoms with E-state index in [-0.39, 0.29) is 12.3 Å². The highest BCUT2D eigenvalue weighted by molar-refractivity contribution is 5.90. The van der Waals surface area contributed by atoms with Gasteiger partial charge in [-0.05, 0) is 36.4 Å². The Labute approximate surface area is 362 Å². The molecule has 0 aliphatic carbocycles. The van der Waals surface area contributed by atoms with Crippen molar-refractivity contribution in [1.29, 1.82) is 0 Å². The van der Waals surface area contributed by atoms with E-state index in [1.165, 1.54) is 12.3 Å². The van der Waals surface area contributed by atoms with Crippen LogP contribution in [0.25, 0.3) is 21.8 Å². The SMILES string of the molecule is FC(F)c1cc2cnc(Nc3ccc(N4CCNCC4)cn3)nc2c(N2CCOCC2)n1.OCc1cc2cnc(Nc3ccc(N4CCNCC4)cn3)nc2c(N2CCOCC2)n1. The number of ether oxygens (including phenoxy) is 2. The Bertz CT molecular complexity index is 2450. The fourth-order valence-electron chi connectivity index (χ4n) is 7.79. The molecule has 330 valence electrons. The lowest BCUT2D eigenvalue weighted by Crippen LogP contribution is -2.43. The second-order valence-corrected chi connectivity index (χ2v) is 15.3. The first-order valence-corrected chi connectivity index (χ1v) is 21.2. The van der Waals surface area contributed by atoms with Crippen LogP contribution in [0.2, 0.25) is 0 Å². The van der Waals surface area contributed by atoms with E-state index < -0.39 is 6.43 Å². The Morgan fingerprint density at radius 2 is 1.05 bits per heavy atom. The number of alkyl halides is 2. The van der Waals surface area contributed by atoms with Crippen molar-refractivity contribution in [2.45, 2.75) is 13.0 Å². The van der Waals surface area contributed by atoms with Gasteiger partial charge >= 0.3 is 0 Å². The summed E-state index contributed by atoms with van der Waals surface area (Å²) in [6, 6.07) is 11.1. The van der Waals surface area contributed by atoms with Gasteiger partial charge in [-0.2, -0.15) is 0 Å². The molecule has 0 bridgehead atoms. The third-order valence-corrected chi connectivity index (χ3v) is 11.1. The minimum absolute atomic E-state index is 0.128. The molecule has 4 aliphatic heterocycles. The number of nitrogens with one attached hydrogen (secondary N) is 4. The summed E-state index contributed by atoms with van der Waals surface area (Å²) in [6.07, 6.45) is 4.32. The smallest absolute Gasteiger partial charge is 0.280 e. The first kappa shape index (κ1) is 42.1. The van der Waals surface area contributed by atoms with Gasteiger partial charge in [-0.3, -0.25) is 0 Å². The van der Waals surface area contributed by atoms with Crippen molar-refractivity contribution < 1.29 is 23.4 Å². The minimum Gasteiger partial charge on any atom is -0.390 e. The number of piperazine rings is 2. The number of halogens is 2. The number of aliphatic hydroxyl groups excluding tert-OH is 1. The maximum absolute atomic E-state index is 13.4. The zero-order valence-electron chi connectivity index (χ0n) is 34.8. The van der Waals surface area contributed by atoms with Crippen LogP contribution in [0.5, 0.6) is 0 Å². The molecule has 4 fully saturated rings. The molecule has 0 unspecified atom stereocenters. The van der Waals surface area contributed by atoms with E-state index in [4.69, 9.17) is 14.5 Å². The Morgan fingerprint density at radius 3 is 1.49 bits per heavy atom.